The predicted molar refractivity (Wildman–Crippen MR) is 66.9 cm³/mol. The lowest BCUT2D eigenvalue weighted by Crippen LogP contribution is -2.33. The summed E-state index contributed by atoms with van der Waals surface area (Å²) in [6, 6.07) is 0. The maximum absolute atomic E-state index is 11.4. The molecule has 0 heterocycles. The van der Waals surface area contributed by atoms with E-state index in [4.69, 9.17) is 15.6 Å². The Morgan fingerprint density at radius 1 is 1.29 bits per heavy atom. The molecule has 1 amide bonds. The summed E-state index contributed by atoms with van der Waals surface area (Å²) in [5.41, 5.74) is 0.576. The molecule has 0 radical (unpaired) electrons. The highest BCUT2D eigenvalue weighted by Crippen LogP contribution is 2.07. The molecular weight excluding hydrogens is 218 g/mol. The van der Waals surface area contributed by atoms with Gasteiger partial charge < -0.3 is 10.1 Å². The summed E-state index contributed by atoms with van der Waals surface area (Å²) in [6.07, 6.45) is 4.31. The van der Waals surface area contributed by atoms with E-state index in [0.717, 1.165) is 5.57 Å². The topological polar surface area (TPSA) is 86.0 Å². The lowest BCUT2D eigenvalue weighted by atomic mass is 10.0. The lowest BCUT2D eigenvalue weighted by Gasteiger charge is -2.20. The third-order valence-corrected chi connectivity index (χ3v) is 1.92. The van der Waals surface area contributed by atoms with Crippen molar-refractivity contribution >= 4 is 17.5 Å². The van der Waals surface area contributed by atoms with Gasteiger partial charge in [-0.1, -0.05) is 6.08 Å². The highest BCUT2D eigenvalue weighted by molar-refractivity contribution is 6.49. The summed E-state index contributed by atoms with van der Waals surface area (Å²) in [5.74, 6) is 0. The molecule has 1 rings (SSSR count). The van der Waals surface area contributed by atoms with Gasteiger partial charge in [-0.3, -0.25) is 10.8 Å². The first kappa shape index (κ1) is 13.2. The van der Waals surface area contributed by atoms with E-state index in [1.165, 1.54) is 6.08 Å². The third kappa shape index (κ3) is 4.63. The Labute approximate surface area is 101 Å². The molecule has 5 heteroatoms. The molecule has 0 saturated carbocycles. The van der Waals surface area contributed by atoms with Crippen molar-refractivity contribution in [1.82, 2.24) is 5.32 Å². The van der Waals surface area contributed by atoms with E-state index in [1.54, 1.807) is 32.9 Å². The molecule has 92 valence electrons. The van der Waals surface area contributed by atoms with E-state index in [2.05, 4.69) is 5.32 Å². The molecule has 0 saturated heterocycles. The van der Waals surface area contributed by atoms with Crippen molar-refractivity contribution in [2.45, 2.75) is 26.4 Å². The van der Waals surface area contributed by atoms with Gasteiger partial charge in [0.15, 0.2) is 0 Å². The van der Waals surface area contributed by atoms with Gasteiger partial charge >= 0.3 is 6.09 Å². The van der Waals surface area contributed by atoms with Crippen LogP contribution in [0.3, 0.4) is 0 Å². The molecule has 17 heavy (non-hydrogen) atoms. The Bertz CT molecular complexity index is 414. The average Bonchev–Trinajstić information content (AvgIpc) is 2.17. The van der Waals surface area contributed by atoms with Crippen LogP contribution in [0.1, 0.15) is 20.8 Å². The molecular formula is C12H17N3O2. The molecule has 0 spiro atoms. The second-order valence-electron chi connectivity index (χ2n) is 4.74. The number of hydrogen-bond acceptors (Lipinski definition) is 4. The SMILES string of the molecule is CC(C)(C)OC(=O)NCC1=CC(=N)C(=N)C=C1. The molecule has 1 aliphatic rings. The number of alkyl carbamates (subject to hydrolysis) is 1. The van der Waals surface area contributed by atoms with Crippen LogP contribution in [0.2, 0.25) is 0 Å². The fraction of sp³-hybridized carbons (Fsp3) is 0.417. The smallest absolute Gasteiger partial charge is 0.407 e. The van der Waals surface area contributed by atoms with Gasteiger partial charge in [0, 0.05) is 6.54 Å². The predicted octanol–water partition coefficient (Wildman–Crippen LogP) is 2.05. The van der Waals surface area contributed by atoms with Crippen LogP contribution < -0.4 is 5.32 Å². The van der Waals surface area contributed by atoms with E-state index in [9.17, 15) is 4.79 Å². The third-order valence-electron chi connectivity index (χ3n) is 1.92. The van der Waals surface area contributed by atoms with Crippen LogP contribution in [0.15, 0.2) is 23.8 Å². The normalized spacial score (nSPS) is 15.6. The Hall–Kier alpha value is -1.91. The largest absolute Gasteiger partial charge is 0.444 e. The summed E-state index contributed by atoms with van der Waals surface area (Å²) in [5, 5.41) is 17.4. The number of amides is 1. The van der Waals surface area contributed by atoms with Gasteiger partial charge in [-0.2, -0.15) is 0 Å². The van der Waals surface area contributed by atoms with Crippen molar-refractivity contribution in [2.75, 3.05) is 6.54 Å². The zero-order valence-electron chi connectivity index (χ0n) is 10.3. The van der Waals surface area contributed by atoms with Crippen LogP contribution in [0.25, 0.3) is 0 Å². The number of hydrogen-bond donors (Lipinski definition) is 3. The zero-order chi connectivity index (χ0) is 13.1. The van der Waals surface area contributed by atoms with Gasteiger partial charge in [-0.25, -0.2) is 4.79 Å². The Morgan fingerprint density at radius 3 is 2.47 bits per heavy atom. The quantitative estimate of drug-likeness (QED) is 0.640. The summed E-state index contributed by atoms with van der Waals surface area (Å²) in [4.78, 5) is 11.4. The number of carbonyl (C=O) groups is 1. The van der Waals surface area contributed by atoms with Crippen LogP contribution in [0.4, 0.5) is 4.79 Å². The Kier molecular flexibility index (Phi) is 3.83. The molecule has 0 unspecified atom stereocenters. The Balaban J connectivity index is 2.45. The van der Waals surface area contributed by atoms with Crippen LogP contribution in [-0.4, -0.2) is 29.7 Å². The summed E-state index contributed by atoms with van der Waals surface area (Å²) in [6.45, 7) is 5.68. The van der Waals surface area contributed by atoms with Gasteiger partial charge in [-0.15, -0.1) is 0 Å². The molecule has 0 bridgehead atoms. The molecule has 0 aromatic heterocycles. The number of ether oxygens (including phenoxy) is 1. The summed E-state index contributed by atoms with van der Waals surface area (Å²) in [7, 11) is 0. The molecule has 0 atom stereocenters. The average molecular weight is 235 g/mol. The fourth-order valence-electron chi connectivity index (χ4n) is 1.19. The summed E-state index contributed by atoms with van der Waals surface area (Å²) < 4.78 is 5.08. The van der Waals surface area contributed by atoms with Crippen molar-refractivity contribution in [3.8, 4) is 0 Å². The zero-order valence-corrected chi connectivity index (χ0v) is 10.3. The van der Waals surface area contributed by atoms with E-state index >= 15 is 0 Å². The van der Waals surface area contributed by atoms with Crippen molar-refractivity contribution in [1.29, 1.82) is 10.8 Å². The second-order valence-corrected chi connectivity index (χ2v) is 4.74. The highest BCUT2D eigenvalue weighted by Gasteiger charge is 2.16. The van der Waals surface area contributed by atoms with E-state index < -0.39 is 11.7 Å². The summed E-state index contributed by atoms with van der Waals surface area (Å²) >= 11 is 0. The maximum atomic E-state index is 11.4. The monoisotopic (exact) mass is 235 g/mol. The maximum Gasteiger partial charge on any atom is 0.407 e. The van der Waals surface area contributed by atoms with E-state index in [1.807, 2.05) is 0 Å². The van der Waals surface area contributed by atoms with Gasteiger partial charge in [-0.05, 0) is 38.5 Å². The fourth-order valence-corrected chi connectivity index (χ4v) is 1.19. The first-order valence-corrected chi connectivity index (χ1v) is 5.31. The van der Waals surface area contributed by atoms with Crippen molar-refractivity contribution in [3.05, 3.63) is 23.8 Å². The minimum Gasteiger partial charge on any atom is -0.444 e. The van der Waals surface area contributed by atoms with E-state index in [-0.39, 0.29) is 11.4 Å². The van der Waals surface area contributed by atoms with Crippen molar-refractivity contribution < 1.29 is 9.53 Å². The van der Waals surface area contributed by atoms with E-state index in [0.29, 0.717) is 6.54 Å². The number of allylic oxidation sites excluding steroid dienone is 2. The van der Waals surface area contributed by atoms with Crippen molar-refractivity contribution in [3.63, 3.8) is 0 Å². The van der Waals surface area contributed by atoms with Crippen LogP contribution in [-0.2, 0) is 4.74 Å². The first-order valence-electron chi connectivity index (χ1n) is 5.31. The molecule has 0 aromatic carbocycles. The molecule has 0 aliphatic heterocycles. The van der Waals surface area contributed by atoms with Gasteiger partial charge in [0.05, 0.1) is 11.4 Å². The van der Waals surface area contributed by atoms with Gasteiger partial charge in [0.1, 0.15) is 5.60 Å². The molecule has 1 aliphatic carbocycles. The highest BCUT2D eigenvalue weighted by atomic mass is 16.6. The van der Waals surface area contributed by atoms with Crippen LogP contribution >= 0.6 is 0 Å². The van der Waals surface area contributed by atoms with Gasteiger partial charge in [0.25, 0.3) is 0 Å². The van der Waals surface area contributed by atoms with Crippen molar-refractivity contribution in [2.24, 2.45) is 0 Å². The number of rotatable bonds is 2. The number of carbonyl (C=O) groups excluding carboxylic acids is 1. The van der Waals surface area contributed by atoms with Gasteiger partial charge in [0.2, 0.25) is 0 Å². The standard InChI is InChI=1S/C12H17N3O2/c1-12(2,3)17-11(16)15-7-8-4-5-9(13)10(14)6-8/h4-6,13-14H,7H2,1-3H3,(H,15,16). The first-order chi connectivity index (χ1) is 7.78. The number of nitrogens with one attached hydrogen (secondary N) is 3. The molecule has 3 N–H and O–H groups in total. The molecule has 0 aromatic rings. The lowest BCUT2D eigenvalue weighted by molar-refractivity contribution is 0.0533. The van der Waals surface area contributed by atoms with Crippen LogP contribution in [0, 0.1) is 10.8 Å². The second kappa shape index (κ2) is 4.95. The van der Waals surface area contributed by atoms with Crippen LogP contribution in [0.5, 0.6) is 0 Å². The molecule has 5 nitrogen and oxygen atoms in total. The minimum absolute atomic E-state index is 0.147. The Morgan fingerprint density at radius 2 is 1.94 bits per heavy atom. The minimum atomic E-state index is -0.518. The molecule has 0 fully saturated rings.